The van der Waals surface area contributed by atoms with Gasteiger partial charge in [-0.1, -0.05) is 43.3 Å². The standard InChI is InChI=1S/C29H30N6O2/c1-20-8-7-12-24(26(20)29(37)33-18-15-30-16-19-33)35-25(36)14-13-22(31-35)27-23-11-5-6-17-34(23)32-28(27)21-9-3-2-4-10-21/h2-6,9-11,13-14,17,20,30H,7-8,12,15-16,18-19H2,1H3. The Morgan fingerprint density at radius 3 is 2.57 bits per heavy atom. The Balaban J connectivity index is 1.53. The van der Waals surface area contributed by atoms with Crippen molar-refractivity contribution < 1.29 is 4.79 Å². The van der Waals surface area contributed by atoms with Gasteiger partial charge in [-0.3, -0.25) is 9.59 Å². The van der Waals surface area contributed by atoms with Crippen molar-refractivity contribution in [3.05, 3.63) is 82.8 Å². The van der Waals surface area contributed by atoms with E-state index in [9.17, 15) is 9.59 Å². The van der Waals surface area contributed by atoms with E-state index >= 15 is 0 Å². The molecule has 1 unspecified atom stereocenters. The molecule has 0 spiro atoms. The molecule has 37 heavy (non-hydrogen) atoms. The Labute approximate surface area is 215 Å². The van der Waals surface area contributed by atoms with Gasteiger partial charge in [0.15, 0.2) is 0 Å². The zero-order valence-electron chi connectivity index (χ0n) is 20.9. The average molecular weight is 495 g/mol. The first-order valence-corrected chi connectivity index (χ1v) is 13.0. The monoisotopic (exact) mass is 494 g/mol. The van der Waals surface area contributed by atoms with Crippen LogP contribution in [-0.2, 0) is 4.79 Å². The highest BCUT2D eigenvalue weighted by molar-refractivity contribution is 5.99. The summed E-state index contributed by atoms with van der Waals surface area (Å²) >= 11 is 0. The van der Waals surface area contributed by atoms with Gasteiger partial charge in [-0.25, -0.2) is 9.20 Å². The van der Waals surface area contributed by atoms with Crippen molar-refractivity contribution in [2.24, 2.45) is 5.92 Å². The number of nitrogens with zero attached hydrogens (tertiary/aromatic N) is 5. The maximum atomic E-state index is 13.7. The summed E-state index contributed by atoms with van der Waals surface area (Å²) in [6.07, 6.45) is 4.40. The summed E-state index contributed by atoms with van der Waals surface area (Å²) in [5.41, 5.74) is 5.42. The maximum absolute atomic E-state index is 13.7. The predicted molar refractivity (Wildman–Crippen MR) is 144 cm³/mol. The Bertz CT molecular complexity index is 1550. The molecule has 1 atom stereocenters. The van der Waals surface area contributed by atoms with E-state index in [0.29, 0.717) is 25.2 Å². The third-order valence-corrected chi connectivity index (χ3v) is 7.39. The molecule has 1 saturated heterocycles. The van der Waals surface area contributed by atoms with Gasteiger partial charge in [-0.2, -0.15) is 10.2 Å². The van der Waals surface area contributed by atoms with Gasteiger partial charge < -0.3 is 10.2 Å². The average Bonchev–Trinajstić information content (AvgIpc) is 3.34. The van der Waals surface area contributed by atoms with Crippen molar-refractivity contribution in [3.8, 4) is 22.5 Å². The Morgan fingerprint density at radius 2 is 1.76 bits per heavy atom. The number of fused-ring (bicyclic) bond motifs is 1. The third kappa shape index (κ3) is 4.27. The van der Waals surface area contributed by atoms with Crippen LogP contribution in [0.4, 0.5) is 0 Å². The minimum atomic E-state index is -0.226. The summed E-state index contributed by atoms with van der Waals surface area (Å²) < 4.78 is 3.32. The number of nitrogens with one attached hydrogen (secondary N) is 1. The lowest BCUT2D eigenvalue weighted by Gasteiger charge is -2.33. The van der Waals surface area contributed by atoms with E-state index in [1.807, 2.05) is 64.1 Å². The van der Waals surface area contributed by atoms with Gasteiger partial charge in [0.05, 0.1) is 22.5 Å². The second-order valence-corrected chi connectivity index (χ2v) is 9.78. The van der Waals surface area contributed by atoms with E-state index in [1.54, 1.807) is 12.1 Å². The van der Waals surface area contributed by atoms with Crippen LogP contribution >= 0.6 is 0 Å². The second kappa shape index (κ2) is 9.78. The summed E-state index contributed by atoms with van der Waals surface area (Å²) in [6, 6.07) is 19.2. The molecular weight excluding hydrogens is 464 g/mol. The molecule has 1 aromatic carbocycles. The normalized spacial score (nSPS) is 18.4. The van der Waals surface area contributed by atoms with Crippen molar-refractivity contribution in [1.29, 1.82) is 0 Å². The Kier molecular flexibility index (Phi) is 6.18. The van der Waals surface area contributed by atoms with Crippen LogP contribution in [0.15, 0.2) is 77.2 Å². The molecule has 1 fully saturated rings. The van der Waals surface area contributed by atoms with Crippen molar-refractivity contribution >= 4 is 17.1 Å². The topological polar surface area (TPSA) is 84.5 Å². The quantitative estimate of drug-likeness (QED) is 0.468. The molecular formula is C29H30N6O2. The number of amides is 1. The summed E-state index contributed by atoms with van der Waals surface area (Å²) in [5.74, 6) is 0.101. The number of benzene rings is 1. The lowest BCUT2D eigenvalue weighted by Crippen LogP contribution is -2.48. The molecule has 0 radical (unpaired) electrons. The predicted octanol–water partition coefficient (Wildman–Crippen LogP) is 3.69. The molecule has 4 aromatic rings. The van der Waals surface area contributed by atoms with E-state index in [4.69, 9.17) is 10.2 Å². The van der Waals surface area contributed by atoms with Crippen LogP contribution in [0.5, 0.6) is 0 Å². The summed E-state index contributed by atoms with van der Waals surface area (Å²) in [4.78, 5) is 28.8. The fraction of sp³-hybridized carbons (Fsp3) is 0.310. The molecule has 4 heterocycles. The molecule has 1 aliphatic heterocycles. The number of piperazine rings is 1. The van der Waals surface area contributed by atoms with Gasteiger partial charge in [0.1, 0.15) is 5.69 Å². The van der Waals surface area contributed by atoms with Gasteiger partial charge in [0.2, 0.25) is 0 Å². The number of rotatable bonds is 4. The van der Waals surface area contributed by atoms with Gasteiger partial charge in [0.25, 0.3) is 11.5 Å². The van der Waals surface area contributed by atoms with Crippen LogP contribution in [0, 0.1) is 5.92 Å². The van der Waals surface area contributed by atoms with Crippen molar-refractivity contribution in [2.45, 2.75) is 26.2 Å². The smallest absolute Gasteiger partial charge is 0.271 e. The van der Waals surface area contributed by atoms with E-state index < -0.39 is 0 Å². The number of carbonyl (C=O) groups excluding carboxylic acids is 1. The van der Waals surface area contributed by atoms with Crippen molar-refractivity contribution in [1.82, 2.24) is 29.6 Å². The molecule has 6 rings (SSSR count). The van der Waals surface area contributed by atoms with Gasteiger partial charge in [-0.05, 0) is 43.4 Å². The first-order chi connectivity index (χ1) is 18.1. The first kappa shape index (κ1) is 23.4. The largest absolute Gasteiger partial charge is 0.336 e. The molecule has 1 amide bonds. The lowest BCUT2D eigenvalue weighted by molar-refractivity contribution is -0.128. The summed E-state index contributed by atoms with van der Waals surface area (Å²) in [5, 5.41) is 13.1. The first-order valence-electron chi connectivity index (χ1n) is 13.0. The number of pyridine rings is 1. The van der Waals surface area contributed by atoms with Gasteiger partial charge in [-0.15, -0.1) is 0 Å². The molecule has 8 heteroatoms. The number of hydrogen-bond donors (Lipinski definition) is 1. The minimum absolute atomic E-state index is 0.0313. The molecule has 8 nitrogen and oxygen atoms in total. The molecule has 0 bridgehead atoms. The third-order valence-electron chi connectivity index (χ3n) is 7.39. The SMILES string of the molecule is CC1CCCC(n2nc(-c3c(-c4ccccc4)nn4ccccc34)ccc2=O)=C1C(=O)N1CCNCC1. The highest BCUT2D eigenvalue weighted by Gasteiger charge is 2.31. The van der Waals surface area contributed by atoms with E-state index in [-0.39, 0.29) is 17.4 Å². The van der Waals surface area contributed by atoms with Gasteiger partial charge in [0, 0.05) is 49.6 Å². The van der Waals surface area contributed by atoms with Crippen molar-refractivity contribution in [2.75, 3.05) is 26.2 Å². The zero-order valence-corrected chi connectivity index (χ0v) is 20.9. The number of hydrogen-bond acceptors (Lipinski definition) is 5. The number of allylic oxidation sites excluding steroid dienone is 1. The van der Waals surface area contributed by atoms with Crippen LogP contribution in [0.1, 0.15) is 26.2 Å². The Morgan fingerprint density at radius 1 is 0.973 bits per heavy atom. The number of carbonyl (C=O) groups is 1. The molecule has 1 N–H and O–H groups in total. The summed E-state index contributed by atoms with van der Waals surface area (Å²) in [6.45, 7) is 5.00. The summed E-state index contributed by atoms with van der Waals surface area (Å²) in [7, 11) is 0. The lowest BCUT2D eigenvalue weighted by atomic mass is 9.86. The zero-order chi connectivity index (χ0) is 25.4. The molecule has 1 aliphatic carbocycles. The fourth-order valence-corrected chi connectivity index (χ4v) is 5.52. The highest BCUT2D eigenvalue weighted by Crippen LogP contribution is 2.36. The van der Waals surface area contributed by atoms with Crippen LogP contribution < -0.4 is 10.9 Å². The molecule has 3 aromatic heterocycles. The van der Waals surface area contributed by atoms with Crippen molar-refractivity contribution in [3.63, 3.8) is 0 Å². The van der Waals surface area contributed by atoms with Crippen LogP contribution in [-0.4, -0.2) is 56.4 Å². The molecule has 0 saturated carbocycles. The van der Waals surface area contributed by atoms with Crippen LogP contribution in [0.25, 0.3) is 33.7 Å². The van der Waals surface area contributed by atoms with E-state index in [1.165, 1.54) is 4.68 Å². The Hall–Kier alpha value is -4.04. The molecule has 2 aliphatic rings. The van der Waals surface area contributed by atoms with E-state index in [2.05, 4.69) is 12.2 Å². The van der Waals surface area contributed by atoms with Gasteiger partial charge >= 0.3 is 0 Å². The second-order valence-electron chi connectivity index (χ2n) is 9.78. The highest BCUT2D eigenvalue weighted by atomic mass is 16.2. The number of aromatic nitrogens is 4. The fourth-order valence-electron chi connectivity index (χ4n) is 5.52. The van der Waals surface area contributed by atoms with E-state index in [0.717, 1.165) is 59.5 Å². The minimum Gasteiger partial charge on any atom is -0.336 e. The maximum Gasteiger partial charge on any atom is 0.271 e. The van der Waals surface area contributed by atoms with Crippen LogP contribution in [0.2, 0.25) is 0 Å². The van der Waals surface area contributed by atoms with Crippen LogP contribution in [0.3, 0.4) is 0 Å². The molecule has 188 valence electrons.